The Labute approximate surface area is 112 Å². The number of hydrogen-bond acceptors (Lipinski definition) is 3. The number of benzene rings is 1. The van der Waals surface area contributed by atoms with Crippen LogP contribution in [0.3, 0.4) is 0 Å². The summed E-state index contributed by atoms with van der Waals surface area (Å²) in [6.45, 7) is 1.67. The van der Waals surface area contributed by atoms with E-state index in [0.29, 0.717) is 11.3 Å². The summed E-state index contributed by atoms with van der Waals surface area (Å²) in [5, 5.41) is 12.5. The van der Waals surface area contributed by atoms with Crippen molar-refractivity contribution < 1.29 is 9.90 Å². The average Bonchev–Trinajstić information content (AvgIpc) is 2.62. The molecule has 19 heavy (non-hydrogen) atoms. The third-order valence-corrected chi connectivity index (χ3v) is 3.10. The number of amides is 1. The molecule has 1 amide bonds. The van der Waals surface area contributed by atoms with E-state index < -0.39 is 6.10 Å². The van der Waals surface area contributed by atoms with Crippen LogP contribution >= 0.6 is 0 Å². The van der Waals surface area contributed by atoms with Gasteiger partial charge in [-0.05, 0) is 13.0 Å². The van der Waals surface area contributed by atoms with E-state index in [2.05, 4.69) is 5.43 Å². The zero-order chi connectivity index (χ0) is 14.2. The maximum absolute atomic E-state index is 12.3. The van der Waals surface area contributed by atoms with Crippen LogP contribution in [0.25, 0.3) is 10.9 Å². The number of para-hydroxylation sites is 1. The first-order valence-electron chi connectivity index (χ1n) is 6.17. The van der Waals surface area contributed by atoms with Gasteiger partial charge in [-0.2, -0.15) is 0 Å². The molecule has 0 bridgehead atoms. The Morgan fingerprint density at radius 1 is 1.37 bits per heavy atom. The van der Waals surface area contributed by atoms with Gasteiger partial charge < -0.3 is 9.67 Å². The monoisotopic (exact) mass is 261 g/mol. The highest BCUT2D eigenvalue weighted by molar-refractivity contribution is 6.01. The number of hydrazine groups is 1. The van der Waals surface area contributed by atoms with E-state index in [4.69, 9.17) is 0 Å². The van der Waals surface area contributed by atoms with E-state index in [1.54, 1.807) is 26.0 Å². The fourth-order valence-electron chi connectivity index (χ4n) is 2.38. The molecule has 0 aliphatic rings. The summed E-state index contributed by atoms with van der Waals surface area (Å²) in [5.41, 5.74) is 4.81. The number of hydrogen-bond donors (Lipinski definition) is 2. The molecule has 1 aromatic carbocycles. The van der Waals surface area contributed by atoms with E-state index >= 15 is 0 Å². The van der Waals surface area contributed by atoms with E-state index in [0.717, 1.165) is 10.9 Å². The second kappa shape index (κ2) is 5.03. The second-order valence-corrected chi connectivity index (χ2v) is 4.85. The molecule has 102 valence electrons. The largest absolute Gasteiger partial charge is 0.389 e. The number of aryl methyl sites for hydroxylation is 1. The third-order valence-electron chi connectivity index (χ3n) is 3.10. The number of aliphatic hydroxyl groups is 1. The van der Waals surface area contributed by atoms with Gasteiger partial charge in [-0.25, -0.2) is 5.01 Å². The van der Waals surface area contributed by atoms with Crippen molar-refractivity contribution in [3.05, 3.63) is 35.5 Å². The summed E-state index contributed by atoms with van der Waals surface area (Å²) in [6.07, 6.45) is -0.700. The van der Waals surface area contributed by atoms with Gasteiger partial charge in [-0.1, -0.05) is 18.2 Å². The number of aromatic nitrogens is 1. The zero-order valence-corrected chi connectivity index (χ0v) is 11.6. The normalized spacial score (nSPS) is 12.9. The van der Waals surface area contributed by atoms with Gasteiger partial charge in [0, 0.05) is 37.6 Å². The first kappa shape index (κ1) is 13.6. The average molecular weight is 261 g/mol. The number of fused-ring (bicyclic) bond motifs is 1. The fraction of sp³-hybridized carbons (Fsp3) is 0.357. The van der Waals surface area contributed by atoms with Crippen molar-refractivity contribution in [3.8, 4) is 0 Å². The van der Waals surface area contributed by atoms with Gasteiger partial charge in [0.25, 0.3) is 5.91 Å². The Bertz CT molecular complexity index is 614. The molecule has 0 saturated heterocycles. The van der Waals surface area contributed by atoms with Crippen molar-refractivity contribution in [1.82, 2.24) is 15.0 Å². The van der Waals surface area contributed by atoms with Crippen LogP contribution in [0.2, 0.25) is 0 Å². The number of rotatable bonds is 3. The Morgan fingerprint density at radius 3 is 2.58 bits per heavy atom. The highest BCUT2D eigenvalue weighted by Crippen LogP contribution is 2.30. The minimum absolute atomic E-state index is 0.223. The molecule has 2 aromatic rings. The van der Waals surface area contributed by atoms with Crippen LogP contribution in [0.5, 0.6) is 0 Å². The smallest absolute Gasteiger partial charge is 0.282 e. The van der Waals surface area contributed by atoms with Gasteiger partial charge in [-0.15, -0.1) is 0 Å². The molecule has 1 atom stereocenters. The summed E-state index contributed by atoms with van der Waals surface area (Å²) in [7, 11) is 5.34. The predicted octanol–water partition coefficient (Wildman–Crippen LogP) is 1.44. The molecule has 1 unspecified atom stereocenters. The van der Waals surface area contributed by atoms with Gasteiger partial charge >= 0.3 is 0 Å². The minimum Gasteiger partial charge on any atom is -0.389 e. The van der Waals surface area contributed by atoms with Crippen LogP contribution < -0.4 is 5.43 Å². The van der Waals surface area contributed by atoms with Crippen LogP contribution in [0.1, 0.15) is 29.1 Å². The molecular formula is C14H19N3O2. The van der Waals surface area contributed by atoms with Crippen molar-refractivity contribution in [1.29, 1.82) is 0 Å². The number of aliphatic hydroxyl groups excluding tert-OH is 1. The quantitative estimate of drug-likeness (QED) is 0.822. The molecular weight excluding hydrogens is 242 g/mol. The Hall–Kier alpha value is -1.85. The van der Waals surface area contributed by atoms with Crippen LogP contribution in [0.15, 0.2) is 24.3 Å². The van der Waals surface area contributed by atoms with Crippen LogP contribution in [0, 0.1) is 0 Å². The molecule has 5 nitrogen and oxygen atoms in total. The standard InChI is InChI=1S/C14H19N3O2/c1-9(18)12-10-7-5-6-8-11(10)17(4)13(12)14(19)15-16(2)3/h5-9,18H,1-4H3,(H,15,19). The van der Waals surface area contributed by atoms with Crippen molar-refractivity contribution in [2.45, 2.75) is 13.0 Å². The number of carbonyl (C=O) groups excluding carboxylic acids is 1. The molecule has 0 radical (unpaired) electrons. The Morgan fingerprint density at radius 2 is 2.00 bits per heavy atom. The highest BCUT2D eigenvalue weighted by Gasteiger charge is 2.23. The van der Waals surface area contributed by atoms with Gasteiger partial charge in [0.15, 0.2) is 0 Å². The van der Waals surface area contributed by atoms with E-state index in [1.165, 1.54) is 0 Å². The first-order valence-corrected chi connectivity index (χ1v) is 6.17. The highest BCUT2D eigenvalue weighted by atomic mass is 16.3. The predicted molar refractivity (Wildman–Crippen MR) is 74.7 cm³/mol. The lowest BCUT2D eigenvalue weighted by Gasteiger charge is -2.14. The first-order chi connectivity index (χ1) is 8.93. The molecule has 0 spiro atoms. The molecule has 1 aromatic heterocycles. The van der Waals surface area contributed by atoms with E-state index in [9.17, 15) is 9.90 Å². The van der Waals surface area contributed by atoms with Crippen molar-refractivity contribution >= 4 is 16.8 Å². The summed E-state index contributed by atoms with van der Waals surface area (Å²) >= 11 is 0. The fourth-order valence-corrected chi connectivity index (χ4v) is 2.38. The van der Waals surface area contributed by atoms with Crippen LogP contribution in [-0.2, 0) is 7.05 Å². The van der Waals surface area contributed by atoms with Crippen molar-refractivity contribution in [2.75, 3.05) is 14.1 Å². The number of nitrogens with zero attached hydrogens (tertiary/aromatic N) is 2. The molecule has 1 heterocycles. The van der Waals surface area contributed by atoms with E-state index in [1.807, 2.05) is 35.9 Å². The summed E-state index contributed by atoms with van der Waals surface area (Å²) in [5.74, 6) is -0.223. The molecule has 0 aliphatic heterocycles. The zero-order valence-electron chi connectivity index (χ0n) is 11.6. The maximum atomic E-state index is 12.3. The SMILES string of the molecule is CC(O)c1c(C(=O)NN(C)C)n(C)c2ccccc12. The van der Waals surface area contributed by atoms with Gasteiger partial charge in [-0.3, -0.25) is 10.2 Å². The van der Waals surface area contributed by atoms with Gasteiger partial charge in [0.1, 0.15) is 5.69 Å². The van der Waals surface area contributed by atoms with E-state index in [-0.39, 0.29) is 5.91 Å². The topological polar surface area (TPSA) is 57.5 Å². The minimum atomic E-state index is -0.700. The summed E-state index contributed by atoms with van der Waals surface area (Å²) < 4.78 is 1.82. The van der Waals surface area contributed by atoms with Crippen LogP contribution in [-0.4, -0.2) is 34.7 Å². The summed E-state index contributed by atoms with van der Waals surface area (Å²) in [4.78, 5) is 12.3. The van der Waals surface area contributed by atoms with Gasteiger partial charge in [0.05, 0.1) is 6.10 Å². The lowest BCUT2D eigenvalue weighted by Crippen LogP contribution is -2.37. The number of nitrogens with one attached hydrogen (secondary N) is 1. The Balaban J connectivity index is 2.68. The van der Waals surface area contributed by atoms with Gasteiger partial charge in [0.2, 0.25) is 0 Å². The third kappa shape index (κ3) is 2.34. The molecule has 2 rings (SSSR count). The lowest BCUT2D eigenvalue weighted by molar-refractivity contribution is 0.0842. The molecule has 0 fully saturated rings. The lowest BCUT2D eigenvalue weighted by atomic mass is 10.1. The Kier molecular flexibility index (Phi) is 3.59. The van der Waals surface area contributed by atoms with Crippen molar-refractivity contribution in [3.63, 3.8) is 0 Å². The number of carbonyl (C=O) groups is 1. The molecule has 5 heteroatoms. The maximum Gasteiger partial charge on any atom is 0.282 e. The second-order valence-electron chi connectivity index (χ2n) is 4.85. The molecule has 0 saturated carbocycles. The van der Waals surface area contributed by atoms with Crippen molar-refractivity contribution in [2.24, 2.45) is 7.05 Å². The summed E-state index contributed by atoms with van der Waals surface area (Å²) in [6, 6.07) is 7.68. The molecule has 0 aliphatic carbocycles. The molecule has 2 N–H and O–H groups in total. The van der Waals surface area contributed by atoms with Crippen LogP contribution in [0.4, 0.5) is 0 Å².